The number of fused-ring (bicyclic) bond motifs is 1. The highest BCUT2D eigenvalue weighted by molar-refractivity contribution is 9.10. The molecule has 0 aliphatic heterocycles. The Morgan fingerprint density at radius 2 is 2.00 bits per heavy atom. The standard InChI is InChI=1S/C17H17BrOS/c18-14-7-4-5-12(9-14)10-15(19)17-11-13-6-2-1-3-8-16(13)20-17/h4-5,7,9,11H,1-3,6,8,10H2. The van der Waals surface area contributed by atoms with Crippen molar-refractivity contribution in [1.29, 1.82) is 0 Å². The second-order valence-electron chi connectivity index (χ2n) is 5.35. The Bertz CT molecular complexity index is 606. The van der Waals surface area contributed by atoms with Crippen molar-refractivity contribution in [2.75, 3.05) is 0 Å². The minimum absolute atomic E-state index is 0.251. The number of ketones is 1. The largest absolute Gasteiger partial charge is 0.293 e. The molecule has 0 atom stereocenters. The Balaban J connectivity index is 1.77. The molecule has 0 fully saturated rings. The van der Waals surface area contributed by atoms with Crippen molar-refractivity contribution in [2.45, 2.75) is 38.5 Å². The van der Waals surface area contributed by atoms with Crippen molar-refractivity contribution in [3.05, 3.63) is 55.7 Å². The van der Waals surface area contributed by atoms with Gasteiger partial charge in [-0.2, -0.15) is 0 Å². The predicted molar refractivity (Wildman–Crippen MR) is 87.8 cm³/mol. The lowest BCUT2D eigenvalue weighted by Crippen LogP contribution is -2.01. The highest BCUT2D eigenvalue weighted by Gasteiger charge is 2.16. The number of thiophene rings is 1. The maximum atomic E-state index is 12.4. The van der Waals surface area contributed by atoms with E-state index in [1.54, 1.807) is 11.3 Å². The van der Waals surface area contributed by atoms with Crippen LogP contribution >= 0.6 is 27.3 Å². The number of halogens is 1. The van der Waals surface area contributed by atoms with Gasteiger partial charge < -0.3 is 0 Å². The normalized spacial score (nSPS) is 14.7. The number of benzene rings is 1. The summed E-state index contributed by atoms with van der Waals surface area (Å²) in [6.07, 6.45) is 6.66. The quantitative estimate of drug-likeness (QED) is 0.549. The Morgan fingerprint density at radius 1 is 1.15 bits per heavy atom. The number of hydrogen-bond donors (Lipinski definition) is 0. The van der Waals surface area contributed by atoms with Crippen molar-refractivity contribution < 1.29 is 4.79 Å². The van der Waals surface area contributed by atoms with E-state index in [9.17, 15) is 4.79 Å². The molecule has 1 aromatic carbocycles. The fourth-order valence-corrected chi connectivity index (χ4v) is 4.36. The lowest BCUT2D eigenvalue weighted by molar-refractivity contribution is 0.0997. The monoisotopic (exact) mass is 348 g/mol. The molecule has 0 radical (unpaired) electrons. The molecule has 20 heavy (non-hydrogen) atoms. The van der Waals surface area contributed by atoms with Gasteiger partial charge in [-0.3, -0.25) is 4.79 Å². The van der Waals surface area contributed by atoms with Gasteiger partial charge in [-0.25, -0.2) is 0 Å². The summed E-state index contributed by atoms with van der Waals surface area (Å²) in [5, 5.41) is 0. The topological polar surface area (TPSA) is 17.1 Å². The van der Waals surface area contributed by atoms with Crippen molar-refractivity contribution >= 4 is 33.0 Å². The van der Waals surface area contributed by atoms with E-state index in [1.807, 2.05) is 24.3 Å². The van der Waals surface area contributed by atoms with Crippen LogP contribution in [-0.2, 0) is 19.3 Å². The summed E-state index contributed by atoms with van der Waals surface area (Å²) < 4.78 is 1.03. The average molecular weight is 349 g/mol. The van der Waals surface area contributed by atoms with E-state index in [2.05, 4.69) is 22.0 Å². The molecule has 0 saturated carbocycles. The molecule has 0 N–H and O–H groups in total. The summed E-state index contributed by atoms with van der Waals surface area (Å²) in [7, 11) is 0. The minimum atomic E-state index is 0.251. The van der Waals surface area contributed by atoms with E-state index in [-0.39, 0.29) is 5.78 Å². The van der Waals surface area contributed by atoms with E-state index in [0.29, 0.717) is 6.42 Å². The van der Waals surface area contributed by atoms with E-state index < -0.39 is 0 Å². The highest BCUT2D eigenvalue weighted by Crippen LogP contribution is 2.29. The van der Waals surface area contributed by atoms with Gasteiger partial charge in [0.15, 0.2) is 5.78 Å². The van der Waals surface area contributed by atoms with Gasteiger partial charge in [0.05, 0.1) is 4.88 Å². The summed E-state index contributed by atoms with van der Waals surface area (Å²) in [6.45, 7) is 0. The SMILES string of the molecule is O=C(Cc1cccc(Br)c1)c1cc2c(s1)CCCCC2. The smallest absolute Gasteiger partial charge is 0.177 e. The molecule has 1 aromatic heterocycles. The van der Waals surface area contributed by atoms with Crippen LogP contribution in [0.2, 0.25) is 0 Å². The lowest BCUT2D eigenvalue weighted by atomic mass is 10.1. The maximum Gasteiger partial charge on any atom is 0.177 e. The highest BCUT2D eigenvalue weighted by atomic mass is 79.9. The zero-order valence-corrected chi connectivity index (χ0v) is 13.7. The van der Waals surface area contributed by atoms with Crippen molar-refractivity contribution in [3.63, 3.8) is 0 Å². The van der Waals surface area contributed by atoms with Crippen LogP contribution in [0.1, 0.15) is 44.9 Å². The van der Waals surface area contributed by atoms with Gasteiger partial charge in [0.1, 0.15) is 0 Å². The van der Waals surface area contributed by atoms with Crippen LogP contribution in [0.4, 0.5) is 0 Å². The van der Waals surface area contributed by atoms with E-state index in [0.717, 1.165) is 27.8 Å². The van der Waals surface area contributed by atoms with Crippen LogP contribution in [0.5, 0.6) is 0 Å². The Morgan fingerprint density at radius 3 is 2.85 bits per heavy atom. The number of carbonyl (C=O) groups is 1. The van der Waals surface area contributed by atoms with Crippen LogP contribution in [0.3, 0.4) is 0 Å². The van der Waals surface area contributed by atoms with Gasteiger partial charge in [0.2, 0.25) is 0 Å². The van der Waals surface area contributed by atoms with Crippen molar-refractivity contribution in [2.24, 2.45) is 0 Å². The molecule has 0 spiro atoms. The third kappa shape index (κ3) is 3.21. The molecule has 104 valence electrons. The molecule has 0 saturated heterocycles. The molecule has 1 nitrogen and oxygen atoms in total. The van der Waals surface area contributed by atoms with Gasteiger partial charge in [-0.15, -0.1) is 11.3 Å². The van der Waals surface area contributed by atoms with Crippen LogP contribution in [0, 0.1) is 0 Å². The minimum Gasteiger partial charge on any atom is -0.293 e. The molecular weight excluding hydrogens is 332 g/mol. The molecule has 3 rings (SSSR count). The second-order valence-corrected chi connectivity index (χ2v) is 7.40. The number of Topliss-reactive ketones (excluding diaryl/α,β-unsaturated/α-hetero) is 1. The summed E-state index contributed by atoms with van der Waals surface area (Å²) in [6, 6.07) is 10.2. The molecule has 2 aromatic rings. The van der Waals surface area contributed by atoms with E-state index >= 15 is 0 Å². The van der Waals surface area contributed by atoms with Gasteiger partial charge >= 0.3 is 0 Å². The summed E-state index contributed by atoms with van der Waals surface area (Å²) in [5.41, 5.74) is 2.50. The Labute approximate surface area is 132 Å². The second kappa shape index (κ2) is 6.23. The molecule has 1 aliphatic rings. The van der Waals surface area contributed by atoms with E-state index in [1.165, 1.54) is 29.7 Å². The third-order valence-electron chi connectivity index (χ3n) is 3.78. The zero-order chi connectivity index (χ0) is 13.9. The molecule has 0 amide bonds. The van der Waals surface area contributed by atoms with Gasteiger partial charge in [0.25, 0.3) is 0 Å². The first kappa shape index (κ1) is 14.0. The molecular formula is C17H17BrOS. The van der Waals surface area contributed by atoms with Crippen molar-refractivity contribution in [3.8, 4) is 0 Å². The molecule has 0 unspecified atom stereocenters. The average Bonchev–Trinajstić information content (AvgIpc) is 2.70. The first-order valence-corrected chi connectivity index (χ1v) is 8.72. The number of carbonyl (C=O) groups excluding carboxylic acids is 1. The van der Waals surface area contributed by atoms with Gasteiger partial charge in [-0.05, 0) is 55.0 Å². The summed E-state index contributed by atoms with van der Waals surface area (Å²) in [4.78, 5) is 14.8. The third-order valence-corrected chi connectivity index (χ3v) is 5.55. The predicted octanol–water partition coefficient (Wildman–Crippen LogP) is 5.20. The first-order valence-electron chi connectivity index (χ1n) is 7.11. The fraction of sp³-hybridized carbons (Fsp3) is 0.353. The molecule has 3 heteroatoms. The first-order chi connectivity index (χ1) is 9.72. The van der Waals surface area contributed by atoms with Crippen LogP contribution < -0.4 is 0 Å². The Hall–Kier alpha value is -0.930. The molecule has 1 aliphatic carbocycles. The molecule has 1 heterocycles. The zero-order valence-electron chi connectivity index (χ0n) is 11.3. The van der Waals surface area contributed by atoms with Crippen LogP contribution in [0.15, 0.2) is 34.8 Å². The fourth-order valence-electron chi connectivity index (χ4n) is 2.72. The molecule has 0 bridgehead atoms. The van der Waals surface area contributed by atoms with Crippen LogP contribution in [-0.4, -0.2) is 5.78 Å². The van der Waals surface area contributed by atoms with E-state index in [4.69, 9.17) is 0 Å². The lowest BCUT2D eigenvalue weighted by Gasteiger charge is -2.00. The number of rotatable bonds is 3. The summed E-state index contributed by atoms with van der Waals surface area (Å²) >= 11 is 5.17. The number of aryl methyl sites for hydroxylation is 2. The maximum absolute atomic E-state index is 12.4. The van der Waals surface area contributed by atoms with Crippen LogP contribution in [0.25, 0.3) is 0 Å². The number of hydrogen-bond acceptors (Lipinski definition) is 2. The Kier molecular flexibility index (Phi) is 4.37. The summed E-state index contributed by atoms with van der Waals surface area (Å²) in [5.74, 6) is 0.251. The van der Waals surface area contributed by atoms with Gasteiger partial charge in [-0.1, -0.05) is 34.5 Å². The van der Waals surface area contributed by atoms with Gasteiger partial charge in [0, 0.05) is 15.8 Å². The van der Waals surface area contributed by atoms with Crippen molar-refractivity contribution in [1.82, 2.24) is 0 Å².